The molecular formula is C11H17ClN4. The fourth-order valence-corrected chi connectivity index (χ4v) is 2.67. The van der Waals surface area contributed by atoms with E-state index in [4.69, 9.17) is 11.6 Å². The standard InChI is InChI=1S/C11H17ClN4/c1-3-8-5-9(4-7(8)2)15-11-14-6-13-10(12)16-11/h6-9H,3-5H2,1-2H3,(H,13,14,15,16)/t7-,8-,9-/m0/s1. The molecule has 88 valence electrons. The first-order valence-electron chi connectivity index (χ1n) is 5.80. The molecule has 0 amide bonds. The fraction of sp³-hybridized carbons (Fsp3) is 0.727. The van der Waals surface area contributed by atoms with Crippen LogP contribution in [-0.2, 0) is 0 Å². The van der Waals surface area contributed by atoms with Crippen LogP contribution in [0.4, 0.5) is 5.95 Å². The summed E-state index contributed by atoms with van der Waals surface area (Å²) in [7, 11) is 0. The van der Waals surface area contributed by atoms with Gasteiger partial charge in [0.1, 0.15) is 6.33 Å². The Labute approximate surface area is 101 Å². The molecule has 1 saturated carbocycles. The first-order valence-corrected chi connectivity index (χ1v) is 6.18. The molecule has 16 heavy (non-hydrogen) atoms. The Morgan fingerprint density at radius 3 is 2.88 bits per heavy atom. The Bertz CT molecular complexity index is 358. The minimum Gasteiger partial charge on any atom is -0.351 e. The monoisotopic (exact) mass is 240 g/mol. The van der Waals surface area contributed by atoms with Crippen LogP contribution >= 0.6 is 11.6 Å². The van der Waals surface area contributed by atoms with Crippen molar-refractivity contribution in [3.8, 4) is 0 Å². The number of aromatic nitrogens is 3. The molecule has 1 aromatic rings. The van der Waals surface area contributed by atoms with Crippen LogP contribution in [0.2, 0.25) is 5.28 Å². The van der Waals surface area contributed by atoms with Gasteiger partial charge in [-0.15, -0.1) is 0 Å². The summed E-state index contributed by atoms with van der Waals surface area (Å²) in [6.07, 6.45) is 5.06. The molecule has 1 fully saturated rings. The topological polar surface area (TPSA) is 50.7 Å². The van der Waals surface area contributed by atoms with Gasteiger partial charge in [0.15, 0.2) is 0 Å². The Morgan fingerprint density at radius 2 is 2.25 bits per heavy atom. The summed E-state index contributed by atoms with van der Waals surface area (Å²) < 4.78 is 0. The summed E-state index contributed by atoms with van der Waals surface area (Å²) >= 11 is 5.71. The molecule has 0 aliphatic heterocycles. The SMILES string of the molecule is CC[C@H]1C[C@@H](Nc2ncnc(Cl)n2)C[C@@H]1C. The average Bonchev–Trinajstić information content (AvgIpc) is 2.58. The van der Waals surface area contributed by atoms with Crippen LogP contribution < -0.4 is 5.32 Å². The summed E-state index contributed by atoms with van der Waals surface area (Å²) in [5, 5.41) is 3.58. The van der Waals surface area contributed by atoms with Crippen molar-refractivity contribution in [3.05, 3.63) is 11.6 Å². The molecule has 1 N–H and O–H groups in total. The van der Waals surface area contributed by atoms with Crippen LogP contribution in [0.1, 0.15) is 33.1 Å². The quantitative estimate of drug-likeness (QED) is 0.883. The number of nitrogens with zero attached hydrogens (tertiary/aromatic N) is 3. The van der Waals surface area contributed by atoms with E-state index in [0.717, 1.165) is 11.8 Å². The Morgan fingerprint density at radius 1 is 1.44 bits per heavy atom. The second-order valence-electron chi connectivity index (χ2n) is 4.54. The maximum absolute atomic E-state index is 5.71. The van der Waals surface area contributed by atoms with E-state index >= 15 is 0 Å². The molecule has 5 heteroatoms. The summed E-state index contributed by atoms with van der Waals surface area (Å²) in [5.41, 5.74) is 0. The molecule has 2 rings (SSSR count). The fourth-order valence-electron chi connectivity index (χ4n) is 2.55. The van der Waals surface area contributed by atoms with Crippen LogP contribution in [0.3, 0.4) is 0 Å². The lowest BCUT2D eigenvalue weighted by atomic mass is 9.96. The highest BCUT2D eigenvalue weighted by atomic mass is 35.5. The zero-order valence-corrected chi connectivity index (χ0v) is 10.4. The second-order valence-corrected chi connectivity index (χ2v) is 4.87. The van der Waals surface area contributed by atoms with Crippen molar-refractivity contribution < 1.29 is 0 Å². The van der Waals surface area contributed by atoms with Crippen LogP contribution in [0.5, 0.6) is 0 Å². The third-order valence-electron chi connectivity index (χ3n) is 3.45. The van der Waals surface area contributed by atoms with Gasteiger partial charge in [-0.3, -0.25) is 0 Å². The molecule has 0 aromatic carbocycles. The highest BCUT2D eigenvalue weighted by molar-refractivity contribution is 6.28. The average molecular weight is 241 g/mol. The van der Waals surface area contributed by atoms with E-state index in [0.29, 0.717) is 12.0 Å². The van der Waals surface area contributed by atoms with Crippen molar-refractivity contribution in [1.29, 1.82) is 0 Å². The number of hydrogen-bond donors (Lipinski definition) is 1. The Hall–Kier alpha value is -0.900. The first-order chi connectivity index (χ1) is 7.69. The molecule has 1 aromatic heterocycles. The number of hydrogen-bond acceptors (Lipinski definition) is 4. The van der Waals surface area contributed by atoms with Crippen molar-refractivity contribution >= 4 is 17.5 Å². The maximum Gasteiger partial charge on any atom is 0.227 e. The molecule has 1 aliphatic carbocycles. The van der Waals surface area contributed by atoms with Gasteiger partial charge < -0.3 is 5.32 Å². The Kier molecular flexibility index (Phi) is 3.59. The van der Waals surface area contributed by atoms with E-state index in [1.807, 2.05) is 0 Å². The van der Waals surface area contributed by atoms with Crippen molar-refractivity contribution in [3.63, 3.8) is 0 Å². The zero-order valence-electron chi connectivity index (χ0n) is 9.65. The number of nitrogens with one attached hydrogen (secondary N) is 1. The molecule has 1 aliphatic rings. The van der Waals surface area contributed by atoms with Gasteiger partial charge in [-0.2, -0.15) is 4.98 Å². The van der Waals surface area contributed by atoms with Crippen molar-refractivity contribution in [1.82, 2.24) is 15.0 Å². The van der Waals surface area contributed by atoms with Gasteiger partial charge in [0.05, 0.1) is 0 Å². The predicted molar refractivity (Wildman–Crippen MR) is 64.4 cm³/mol. The minimum absolute atomic E-state index is 0.246. The van der Waals surface area contributed by atoms with E-state index in [2.05, 4.69) is 34.1 Å². The maximum atomic E-state index is 5.71. The summed E-state index contributed by atoms with van der Waals surface area (Å²) in [4.78, 5) is 11.9. The van der Waals surface area contributed by atoms with Crippen molar-refractivity contribution in [2.24, 2.45) is 11.8 Å². The third-order valence-corrected chi connectivity index (χ3v) is 3.63. The zero-order chi connectivity index (χ0) is 11.5. The molecule has 3 atom stereocenters. The third kappa shape index (κ3) is 2.61. The highest BCUT2D eigenvalue weighted by Gasteiger charge is 2.30. The smallest absolute Gasteiger partial charge is 0.227 e. The molecule has 1 heterocycles. The normalized spacial score (nSPS) is 29.3. The van der Waals surface area contributed by atoms with Crippen molar-refractivity contribution in [2.75, 3.05) is 5.32 Å². The lowest BCUT2D eigenvalue weighted by Gasteiger charge is -2.12. The van der Waals surface area contributed by atoms with Gasteiger partial charge in [-0.25, -0.2) is 9.97 Å². The highest BCUT2D eigenvalue weighted by Crippen LogP contribution is 2.34. The molecular weight excluding hydrogens is 224 g/mol. The molecule has 0 radical (unpaired) electrons. The molecule has 0 bridgehead atoms. The minimum atomic E-state index is 0.246. The van der Waals surface area contributed by atoms with E-state index in [1.165, 1.54) is 25.6 Å². The summed E-state index contributed by atoms with van der Waals surface area (Å²) in [6, 6.07) is 0.471. The first kappa shape index (κ1) is 11.6. The van der Waals surface area contributed by atoms with E-state index in [9.17, 15) is 0 Å². The summed E-state index contributed by atoms with van der Waals surface area (Å²) in [5.74, 6) is 2.18. The lowest BCUT2D eigenvalue weighted by Crippen LogP contribution is -2.17. The van der Waals surface area contributed by atoms with E-state index < -0.39 is 0 Å². The second kappa shape index (κ2) is 4.95. The van der Waals surface area contributed by atoms with Gasteiger partial charge in [0.25, 0.3) is 0 Å². The van der Waals surface area contributed by atoms with Gasteiger partial charge in [-0.1, -0.05) is 20.3 Å². The van der Waals surface area contributed by atoms with Gasteiger partial charge >= 0.3 is 0 Å². The molecule has 0 spiro atoms. The largest absolute Gasteiger partial charge is 0.351 e. The van der Waals surface area contributed by atoms with Crippen LogP contribution in [0.25, 0.3) is 0 Å². The molecule has 0 saturated heterocycles. The van der Waals surface area contributed by atoms with Gasteiger partial charge in [0.2, 0.25) is 11.2 Å². The van der Waals surface area contributed by atoms with Crippen LogP contribution in [0.15, 0.2) is 6.33 Å². The van der Waals surface area contributed by atoms with Crippen molar-refractivity contribution in [2.45, 2.75) is 39.2 Å². The summed E-state index contributed by atoms with van der Waals surface area (Å²) in [6.45, 7) is 4.57. The van der Waals surface area contributed by atoms with Gasteiger partial charge in [0, 0.05) is 6.04 Å². The number of halogens is 1. The lowest BCUT2D eigenvalue weighted by molar-refractivity contribution is 0.407. The molecule has 0 unspecified atom stereocenters. The van der Waals surface area contributed by atoms with E-state index in [-0.39, 0.29) is 5.28 Å². The predicted octanol–water partition coefficient (Wildman–Crippen LogP) is 2.76. The molecule has 4 nitrogen and oxygen atoms in total. The number of rotatable bonds is 3. The van der Waals surface area contributed by atoms with Gasteiger partial charge in [-0.05, 0) is 36.3 Å². The van der Waals surface area contributed by atoms with E-state index in [1.54, 1.807) is 0 Å². The van der Waals surface area contributed by atoms with Crippen LogP contribution in [-0.4, -0.2) is 21.0 Å². The Balaban J connectivity index is 1.96. The van der Waals surface area contributed by atoms with Crippen LogP contribution in [0, 0.1) is 11.8 Å². The number of anilines is 1.